The van der Waals surface area contributed by atoms with Gasteiger partial charge >= 0.3 is 12.0 Å². The van der Waals surface area contributed by atoms with Crippen LogP contribution in [0.4, 0.5) is 9.18 Å². The lowest BCUT2D eigenvalue weighted by Crippen LogP contribution is -2.43. The third kappa shape index (κ3) is 3.21. The van der Waals surface area contributed by atoms with Gasteiger partial charge in [0.15, 0.2) is 0 Å². The monoisotopic (exact) mass is 266 g/mol. The third-order valence-corrected chi connectivity index (χ3v) is 3.12. The van der Waals surface area contributed by atoms with Crippen molar-refractivity contribution in [2.24, 2.45) is 0 Å². The topological polar surface area (TPSA) is 69.6 Å². The van der Waals surface area contributed by atoms with Crippen LogP contribution in [0.25, 0.3) is 0 Å². The van der Waals surface area contributed by atoms with Gasteiger partial charge in [0.25, 0.3) is 0 Å². The van der Waals surface area contributed by atoms with E-state index in [0.717, 1.165) is 5.56 Å². The number of amides is 2. The first-order valence-corrected chi connectivity index (χ1v) is 6.09. The largest absolute Gasteiger partial charge is 0.481 e. The molecule has 0 saturated heterocycles. The average Bonchev–Trinajstić information content (AvgIpc) is 2.38. The van der Waals surface area contributed by atoms with Crippen LogP contribution in [0.1, 0.15) is 17.5 Å². The standard InChI is InChI=1S/C13H15FN2O3/c14-11-3-1-2-9-5-7-16(8-10(9)11)13(19)15-6-4-12(17)18/h1-3H,4-8H2,(H,15,19)(H,17,18). The highest BCUT2D eigenvalue weighted by molar-refractivity contribution is 5.75. The summed E-state index contributed by atoms with van der Waals surface area (Å²) in [6, 6.07) is 4.55. The Morgan fingerprint density at radius 3 is 2.95 bits per heavy atom. The van der Waals surface area contributed by atoms with Crippen molar-refractivity contribution in [2.45, 2.75) is 19.4 Å². The van der Waals surface area contributed by atoms with Crippen LogP contribution in [0.2, 0.25) is 0 Å². The summed E-state index contributed by atoms with van der Waals surface area (Å²) >= 11 is 0. The summed E-state index contributed by atoms with van der Waals surface area (Å²) in [4.78, 5) is 23.6. The summed E-state index contributed by atoms with van der Waals surface area (Å²) in [5, 5.41) is 11.0. The molecule has 1 aliphatic rings. The molecule has 0 spiro atoms. The van der Waals surface area contributed by atoms with Gasteiger partial charge in [-0.3, -0.25) is 4.79 Å². The minimum absolute atomic E-state index is 0.0782. The minimum atomic E-state index is -0.963. The van der Waals surface area contributed by atoms with E-state index >= 15 is 0 Å². The number of fused-ring (bicyclic) bond motifs is 1. The number of aliphatic carboxylic acids is 1. The van der Waals surface area contributed by atoms with Gasteiger partial charge in [0.2, 0.25) is 0 Å². The first-order valence-electron chi connectivity index (χ1n) is 6.09. The van der Waals surface area contributed by atoms with Gasteiger partial charge in [-0.1, -0.05) is 12.1 Å². The Bertz CT molecular complexity index is 505. The molecule has 0 fully saturated rings. The van der Waals surface area contributed by atoms with E-state index in [1.54, 1.807) is 6.07 Å². The number of hydrogen-bond acceptors (Lipinski definition) is 2. The van der Waals surface area contributed by atoms with Crippen molar-refractivity contribution in [3.8, 4) is 0 Å². The second-order valence-corrected chi connectivity index (χ2v) is 4.42. The smallest absolute Gasteiger partial charge is 0.317 e. The number of benzene rings is 1. The zero-order chi connectivity index (χ0) is 13.8. The maximum absolute atomic E-state index is 13.6. The van der Waals surface area contributed by atoms with E-state index in [-0.39, 0.29) is 31.4 Å². The van der Waals surface area contributed by atoms with Crippen molar-refractivity contribution >= 4 is 12.0 Å². The number of urea groups is 1. The average molecular weight is 266 g/mol. The van der Waals surface area contributed by atoms with E-state index in [1.165, 1.54) is 11.0 Å². The number of nitrogens with zero attached hydrogens (tertiary/aromatic N) is 1. The predicted octanol–water partition coefficient (Wildman–Crippen LogP) is 1.37. The number of carboxylic acids is 1. The Hall–Kier alpha value is -2.11. The van der Waals surface area contributed by atoms with Gasteiger partial charge in [-0.25, -0.2) is 9.18 Å². The molecule has 1 aliphatic heterocycles. The van der Waals surface area contributed by atoms with Gasteiger partial charge in [-0.2, -0.15) is 0 Å². The first-order chi connectivity index (χ1) is 9.08. The fraction of sp³-hybridized carbons (Fsp3) is 0.385. The van der Waals surface area contributed by atoms with Crippen molar-refractivity contribution in [3.63, 3.8) is 0 Å². The number of carbonyl (C=O) groups excluding carboxylic acids is 1. The molecule has 0 bridgehead atoms. The highest BCUT2D eigenvalue weighted by Gasteiger charge is 2.22. The Labute approximate surface area is 110 Å². The Kier molecular flexibility index (Phi) is 3.99. The molecule has 0 aliphatic carbocycles. The molecule has 0 radical (unpaired) electrons. The summed E-state index contributed by atoms with van der Waals surface area (Å²) in [5.74, 6) is -1.27. The van der Waals surface area contributed by atoms with E-state index in [2.05, 4.69) is 5.32 Å². The van der Waals surface area contributed by atoms with E-state index in [4.69, 9.17) is 5.11 Å². The molecule has 1 heterocycles. The SMILES string of the molecule is O=C(O)CCNC(=O)N1CCc2cccc(F)c2C1. The second kappa shape index (κ2) is 5.69. The highest BCUT2D eigenvalue weighted by atomic mass is 19.1. The van der Waals surface area contributed by atoms with Crippen LogP contribution in [-0.4, -0.2) is 35.1 Å². The van der Waals surface area contributed by atoms with Gasteiger partial charge < -0.3 is 15.3 Å². The normalized spacial score (nSPS) is 13.8. The number of carboxylic acid groups (broad SMARTS) is 1. The molecular weight excluding hydrogens is 251 g/mol. The molecule has 1 aromatic carbocycles. The molecule has 0 aromatic heterocycles. The van der Waals surface area contributed by atoms with Crippen molar-refractivity contribution < 1.29 is 19.1 Å². The quantitative estimate of drug-likeness (QED) is 0.868. The van der Waals surface area contributed by atoms with Crippen LogP contribution in [0, 0.1) is 5.82 Å². The van der Waals surface area contributed by atoms with Gasteiger partial charge in [0.05, 0.1) is 13.0 Å². The maximum Gasteiger partial charge on any atom is 0.317 e. The molecule has 19 heavy (non-hydrogen) atoms. The molecule has 2 N–H and O–H groups in total. The summed E-state index contributed by atoms with van der Waals surface area (Å²) in [6.07, 6.45) is 0.490. The van der Waals surface area contributed by atoms with E-state index in [9.17, 15) is 14.0 Å². The van der Waals surface area contributed by atoms with Crippen LogP contribution in [-0.2, 0) is 17.8 Å². The van der Waals surface area contributed by atoms with E-state index < -0.39 is 5.97 Å². The fourth-order valence-electron chi connectivity index (χ4n) is 2.10. The fourth-order valence-corrected chi connectivity index (χ4v) is 2.10. The van der Waals surface area contributed by atoms with Crippen molar-refractivity contribution in [3.05, 3.63) is 35.1 Å². The van der Waals surface area contributed by atoms with Crippen LogP contribution in [0.5, 0.6) is 0 Å². The Morgan fingerprint density at radius 1 is 1.42 bits per heavy atom. The molecule has 0 saturated carbocycles. The number of carbonyl (C=O) groups is 2. The summed E-state index contributed by atoms with van der Waals surface area (Å²) < 4.78 is 13.6. The first kappa shape index (κ1) is 13.3. The van der Waals surface area contributed by atoms with Crippen LogP contribution >= 0.6 is 0 Å². The van der Waals surface area contributed by atoms with Crippen LogP contribution in [0.3, 0.4) is 0 Å². The lowest BCUT2D eigenvalue weighted by atomic mass is 9.99. The van der Waals surface area contributed by atoms with Gasteiger partial charge in [0, 0.05) is 18.7 Å². The third-order valence-electron chi connectivity index (χ3n) is 3.12. The molecule has 2 amide bonds. The van der Waals surface area contributed by atoms with Crippen molar-refractivity contribution in [1.29, 1.82) is 0 Å². The van der Waals surface area contributed by atoms with Gasteiger partial charge in [-0.05, 0) is 18.1 Å². The second-order valence-electron chi connectivity index (χ2n) is 4.42. The molecule has 1 aromatic rings. The molecule has 5 nitrogen and oxygen atoms in total. The van der Waals surface area contributed by atoms with Gasteiger partial charge in [-0.15, -0.1) is 0 Å². The molecular formula is C13H15FN2O3. The maximum atomic E-state index is 13.6. The molecule has 6 heteroatoms. The molecule has 0 unspecified atom stereocenters. The van der Waals surface area contributed by atoms with Crippen molar-refractivity contribution in [2.75, 3.05) is 13.1 Å². The molecule has 2 rings (SSSR count). The van der Waals surface area contributed by atoms with Crippen LogP contribution < -0.4 is 5.32 Å². The van der Waals surface area contributed by atoms with Crippen molar-refractivity contribution in [1.82, 2.24) is 10.2 Å². The minimum Gasteiger partial charge on any atom is -0.481 e. The van der Waals surface area contributed by atoms with E-state index in [1.807, 2.05) is 6.07 Å². The Morgan fingerprint density at radius 2 is 2.21 bits per heavy atom. The number of rotatable bonds is 3. The van der Waals surface area contributed by atoms with Crippen LogP contribution in [0.15, 0.2) is 18.2 Å². The summed E-state index contributed by atoms with van der Waals surface area (Å²) in [5.41, 5.74) is 1.47. The lowest BCUT2D eigenvalue weighted by Gasteiger charge is -2.29. The van der Waals surface area contributed by atoms with Gasteiger partial charge in [0.1, 0.15) is 5.82 Å². The molecule has 102 valence electrons. The lowest BCUT2D eigenvalue weighted by molar-refractivity contribution is -0.136. The zero-order valence-electron chi connectivity index (χ0n) is 10.4. The highest BCUT2D eigenvalue weighted by Crippen LogP contribution is 2.21. The Balaban J connectivity index is 1.95. The number of hydrogen-bond donors (Lipinski definition) is 2. The summed E-state index contributed by atoms with van der Waals surface area (Å²) in [7, 11) is 0. The summed E-state index contributed by atoms with van der Waals surface area (Å²) in [6.45, 7) is 0.811. The van der Waals surface area contributed by atoms with E-state index in [0.29, 0.717) is 18.5 Å². The molecule has 0 atom stereocenters. The predicted molar refractivity (Wildman–Crippen MR) is 66.2 cm³/mol. The number of nitrogens with one attached hydrogen (secondary N) is 1. The number of halogens is 1. The zero-order valence-corrected chi connectivity index (χ0v) is 10.4.